The maximum absolute atomic E-state index is 11.4. The molecular weight excluding hydrogens is 306 g/mol. The summed E-state index contributed by atoms with van der Waals surface area (Å²) in [6.45, 7) is 1.99. The van der Waals surface area contributed by atoms with Crippen molar-refractivity contribution in [3.05, 3.63) is 83.9 Å². The maximum Gasteiger partial charge on any atom is 0.150 e. The molecule has 0 aliphatic carbocycles. The van der Waals surface area contributed by atoms with Gasteiger partial charge in [-0.15, -0.1) is 0 Å². The number of carbonyl (C=O) groups is 1. The van der Waals surface area contributed by atoms with E-state index >= 15 is 0 Å². The van der Waals surface area contributed by atoms with Crippen LogP contribution >= 0.6 is 0 Å². The third-order valence-corrected chi connectivity index (χ3v) is 4.82. The molecule has 0 aliphatic rings. The number of hydrogen-bond acceptors (Lipinski definition) is 1. The van der Waals surface area contributed by atoms with Crippen LogP contribution in [0.2, 0.25) is 0 Å². The number of aryl methyl sites for hydroxylation is 2. The van der Waals surface area contributed by atoms with Crippen molar-refractivity contribution < 1.29 is 4.79 Å². The third kappa shape index (κ3) is 2.47. The number of rotatable bonds is 3. The van der Waals surface area contributed by atoms with Gasteiger partial charge in [0.25, 0.3) is 0 Å². The molecule has 4 rings (SSSR count). The Morgan fingerprint density at radius 2 is 1.44 bits per heavy atom. The highest BCUT2D eigenvalue weighted by Crippen LogP contribution is 2.40. The standard InChI is InChI=1S/C23H19NO/c1-16-13-20-21(14-19(16)15-25)24(2)23(18-11-7-4-8-12-18)22(20)17-9-5-3-6-10-17/h3-15H,1-2H3. The van der Waals surface area contributed by atoms with Gasteiger partial charge in [-0.05, 0) is 35.7 Å². The predicted molar refractivity (Wildman–Crippen MR) is 104 cm³/mol. The molecule has 0 fully saturated rings. The summed E-state index contributed by atoms with van der Waals surface area (Å²) in [6, 6.07) is 25.0. The normalized spacial score (nSPS) is 11.0. The van der Waals surface area contributed by atoms with E-state index in [0.717, 1.165) is 22.9 Å². The fourth-order valence-corrected chi connectivity index (χ4v) is 3.56. The third-order valence-electron chi connectivity index (χ3n) is 4.82. The Bertz CT molecular complexity index is 1060. The van der Waals surface area contributed by atoms with Crippen molar-refractivity contribution in [1.29, 1.82) is 0 Å². The first kappa shape index (κ1) is 15.4. The molecule has 0 N–H and O–H groups in total. The fraction of sp³-hybridized carbons (Fsp3) is 0.0870. The Morgan fingerprint density at radius 1 is 0.840 bits per heavy atom. The van der Waals surface area contributed by atoms with Gasteiger partial charge in [-0.25, -0.2) is 0 Å². The molecule has 2 nitrogen and oxygen atoms in total. The monoisotopic (exact) mass is 325 g/mol. The summed E-state index contributed by atoms with van der Waals surface area (Å²) in [5.41, 5.74) is 7.56. The topological polar surface area (TPSA) is 22.0 Å². The molecular formula is C23H19NO. The second kappa shape index (κ2) is 6.06. The average molecular weight is 325 g/mol. The number of aldehydes is 1. The highest BCUT2D eigenvalue weighted by atomic mass is 16.1. The van der Waals surface area contributed by atoms with E-state index in [9.17, 15) is 4.79 Å². The van der Waals surface area contributed by atoms with Crippen LogP contribution < -0.4 is 0 Å². The van der Waals surface area contributed by atoms with Gasteiger partial charge in [-0.3, -0.25) is 4.79 Å². The van der Waals surface area contributed by atoms with Crippen molar-refractivity contribution in [3.63, 3.8) is 0 Å². The summed E-state index contributed by atoms with van der Waals surface area (Å²) in [4.78, 5) is 11.4. The zero-order valence-corrected chi connectivity index (χ0v) is 14.4. The highest BCUT2D eigenvalue weighted by molar-refractivity contribution is 6.06. The molecule has 4 aromatic rings. The number of aromatic nitrogens is 1. The lowest BCUT2D eigenvalue weighted by Crippen LogP contribution is -1.93. The number of fused-ring (bicyclic) bond motifs is 1. The SMILES string of the molecule is Cc1cc2c(-c3ccccc3)c(-c3ccccc3)n(C)c2cc1C=O. The molecule has 25 heavy (non-hydrogen) atoms. The molecule has 2 heteroatoms. The van der Waals surface area contributed by atoms with Crippen LogP contribution in [-0.2, 0) is 7.05 Å². The Morgan fingerprint density at radius 3 is 2.04 bits per heavy atom. The van der Waals surface area contributed by atoms with Gasteiger partial charge < -0.3 is 4.57 Å². The minimum absolute atomic E-state index is 0.743. The molecule has 0 unspecified atom stereocenters. The molecule has 0 bridgehead atoms. The Hall–Kier alpha value is -3.13. The first-order chi connectivity index (χ1) is 12.2. The summed E-state index contributed by atoms with van der Waals surface area (Å²) >= 11 is 0. The van der Waals surface area contributed by atoms with Crippen molar-refractivity contribution in [2.75, 3.05) is 0 Å². The van der Waals surface area contributed by atoms with E-state index in [2.05, 4.69) is 66.2 Å². The average Bonchev–Trinajstić information content (AvgIpc) is 2.94. The molecule has 3 aromatic carbocycles. The minimum atomic E-state index is 0.743. The summed E-state index contributed by atoms with van der Waals surface area (Å²) in [7, 11) is 2.07. The smallest absolute Gasteiger partial charge is 0.150 e. The molecule has 0 saturated heterocycles. The summed E-state index contributed by atoms with van der Waals surface area (Å²) in [5.74, 6) is 0. The van der Waals surface area contributed by atoms with Gasteiger partial charge in [0.1, 0.15) is 6.29 Å². The molecule has 1 aromatic heterocycles. The van der Waals surface area contributed by atoms with E-state index in [1.165, 1.54) is 27.8 Å². The summed E-state index contributed by atoms with van der Waals surface area (Å²) in [6.07, 6.45) is 0.937. The molecule has 0 saturated carbocycles. The maximum atomic E-state index is 11.4. The van der Waals surface area contributed by atoms with E-state index in [1.54, 1.807) is 0 Å². The number of benzene rings is 3. The number of nitrogens with zero attached hydrogens (tertiary/aromatic N) is 1. The Kier molecular flexibility index (Phi) is 3.73. The quantitative estimate of drug-likeness (QED) is 0.447. The number of hydrogen-bond donors (Lipinski definition) is 0. The second-order valence-corrected chi connectivity index (χ2v) is 6.36. The van der Waals surface area contributed by atoms with Gasteiger partial charge in [-0.2, -0.15) is 0 Å². The van der Waals surface area contributed by atoms with Crippen LogP contribution in [-0.4, -0.2) is 10.9 Å². The van der Waals surface area contributed by atoms with Crippen LogP contribution in [0.3, 0.4) is 0 Å². The molecule has 0 amide bonds. The molecule has 1 heterocycles. The Balaban J connectivity index is 2.16. The second-order valence-electron chi connectivity index (χ2n) is 6.36. The van der Waals surface area contributed by atoms with Gasteiger partial charge in [0, 0.05) is 29.1 Å². The van der Waals surface area contributed by atoms with E-state index < -0.39 is 0 Å². The minimum Gasteiger partial charge on any atom is -0.343 e. The van der Waals surface area contributed by atoms with Crippen molar-refractivity contribution >= 4 is 17.2 Å². The first-order valence-corrected chi connectivity index (χ1v) is 8.39. The van der Waals surface area contributed by atoms with Crippen molar-refractivity contribution in [2.45, 2.75) is 6.92 Å². The first-order valence-electron chi connectivity index (χ1n) is 8.39. The van der Waals surface area contributed by atoms with Crippen LogP contribution in [0.25, 0.3) is 33.3 Å². The van der Waals surface area contributed by atoms with Crippen molar-refractivity contribution in [2.24, 2.45) is 7.05 Å². The lowest BCUT2D eigenvalue weighted by Gasteiger charge is -2.08. The lowest BCUT2D eigenvalue weighted by atomic mass is 9.97. The van der Waals surface area contributed by atoms with E-state index in [0.29, 0.717) is 0 Å². The molecule has 0 atom stereocenters. The van der Waals surface area contributed by atoms with Crippen LogP contribution in [0.4, 0.5) is 0 Å². The van der Waals surface area contributed by atoms with Gasteiger partial charge in [-0.1, -0.05) is 60.7 Å². The largest absolute Gasteiger partial charge is 0.343 e. The molecule has 0 radical (unpaired) electrons. The lowest BCUT2D eigenvalue weighted by molar-refractivity contribution is 0.112. The van der Waals surface area contributed by atoms with E-state index in [1.807, 2.05) is 25.1 Å². The van der Waals surface area contributed by atoms with E-state index in [-0.39, 0.29) is 0 Å². The van der Waals surface area contributed by atoms with Crippen molar-refractivity contribution in [1.82, 2.24) is 4.57 Å². The summed E-state index contributed by atoms with van der Waals surface area (Å²) in [5, 5.41) is 1.18. The summed E-state index contributed by atoms with van der Waals surface area (Å²) < 4.78 is 2.19. The van der Waals surface area contributed by atoms with E-state index in [4.69, 9.17) is 0 Å². The van der Waals surface area contributed by atoms with Crippen LogP contribution in [0, 0.1) is 6.92 Å². The zero-order chi connectivity index (χ0) is 17.4. The zero-order valence-electron chi connectivity index (χ0n) is 14.4. The van der Waals surface area contributed by atoms with Crippen LogP contribution in [0.5, 0.6) is 0 Å². The Labute approximate surface area is 147 Å². The highest BCUT2D eigenvalue weighted by Gasteiger charge is 2.19. The van der Waals surface area contributed by atoms with Gasteiger partial charge in [0.2, 0.25) is 0 Å². The molecule has 122 valence electrons. The number of carbonyl (C=O) groups excluding carboxylic acids is 1. The van der Waals surface area contributed by atoms with Gasteiger partial charge in [0.05, 0.1) is 5.69 Å². The van der Waals surface area contributed by atoms with Gasteiger partial charge in [0.15, 0.2) is 0 Å². The molecule has 0 spiro atoms. The van der Waals surface area contributed by atoms with Crippen molar-refractivity contribution in [3.8, 4) is 22.4 Å². The van der Waals surface area contributed by atoms with Crippen LogP contribution in [0.1, 0.15) is 15.9 Å². The van der Waals surface area contributed by atoms with Gasteiger partial charge >= 0.3 is 0 Å². The molecule has 0 aliphatic heterocycles. The fourth-order valence-electron chi connectivity index (χ4n) is 3.56. The van der Waals surface area contributed by atoms with Crippen LogP contribution in [0.15, 0.2) is 72.8 Å². The predicted octanol–water partition coefficient (Wildman–Crippen LogP) is 5.63.